The van der Waals surface area contributed by atoms with Crippen molar-refractivity contribution in [1.82, 2.24) is 5.32 Å². The molecule has 1 aliphatic heterocycles. The zero-order valence-electron chi connectivity index (χ0n) is 10.4. The second kappa shape index (κ2) is 6.04. The number of benzene rings is 1. The number of carbonyl (C=O) groups is 3. The summed E-state index contributed by atoms with van der Waals surface area (Å²) in [5.74, 6) is -1.35. The predicted octanol–water partition coefficient (Wildman–Crippen LogP) is 1.23. The average molecular weight is 342 g/mol. The molecule has 0 saturated heterocycles. The Kier molecular flexibility index (Phi) is 4.39. The number of fused-ring (bicyclic) bond motifs is 1. The normalized spacial score (nSPS) is 15.3. The molecule has 0 aromatic heterocycles. The maximum atomic E-state index is 12.1. The van der Waals surface area contributed by atoms with Crippen LogP contribution in [0.15, 0.2) is 18.2 Å². The molecule has 1 atom stereocenters. The van der Waals surface area contributed by atoms with Crippen molar-refractivity contribution in [2.75, 3.05) is 13.2 Å². The highest BCUT2D eigenvalue weighted by Crippen LogP contribution is 2.24. The molecule has 1 amide bonds. The number of carbonyl (C=O) groups excluding carboxylic acids is 2. The van der Waals surface area contributed by atoms with Crippen LogP contribution in [-0.2, 0) is 4.79 Å². The van der Waals surface area contributed by atoms with Gasteiger partial charge in [-0.1, -0.05) is 15.9 Å². The molecule has 0 aliphatic carbocycles. The highest BCUT2D eigenvalue weighted by atomic mass is 79.9. The van der Waals surface area contributed by atoms with Gasteiger partial charge in [-0.2, -0.15) is 0 Å². The van der Waals surface area contributed by atoms with Gasteiger partial charge in [-0.25, -0.2) is 0 Å². The van der Waals surface area contributed by atoms with E-state index in [1.165, 1.54) is 12.1 Å². The maximum Gasteiger partial charge on any atom is 0.304 e. The summed E-state index contributed by atoms with van der Waals surface area (Å²) in [5, 5.41) is 11.3. The standard InChI is InChI=1S/C13H12BrNO5/c14-9(6-11(16)17)12(18)7-1-2-10-8(5-7)13(19)15-3-4-20-10/h1-2,5,9H,3-4,6H2,(H,15,19)(H,16,17). The number of hydrogen-bond acceptors (Lipinski definition) is 4. The summed E-state index contributed by atoms with van der Waals surface area (Å²) in [6.45, 7) is 0.767. The number of nitrogens with one attached hydrogen (secondary N) is 1. The SMILES string of the molecule is O=C(O)CC(Br)C(=O)c1ccc2c(c1)C(=O)NCCO2. The van der Waals surface area contributed by atoms with E-state index in [-0.39, 0.29) is 29.2 Å². The van der Waals surface area contributed by atoms with Gasteiger partial charge in [0.05, 0.1) is 23.4 Å². The number of Topliss-reactive ketones (excluding diaryl/α,β-unsaturated/α-hetero) is 1. The van der Waals surface area contributed by atoms with Gasteiger partial charge in [0.15, 0.2) is 5.78 Å². The molecule has 1 heterocycles. The third-order valence-corrected chi connectivity index (χ3v) is 3.53. The molecule has 20 heavy (non-hydrogen) atoms. The van der Waals surface area contributed by atoms with E-state index in [4.69, 9.17) is 9.84 Å². The van der Waals surface area contributed by atoms with E-state index in [1.807, 2.05) is 0 Å². The lowest BCUT2D eigenvalue weighted by Gasteiger charge is -2.09. The predicted molar refractivity (Wildman–Crippen MR) is 73.6 cm³/mol. The van der Waals surface area contributed by atoms with Crippen molar-refractivity contribution in [2.45, 2.75) is 11.2 Å². The molecule has 0 fully saturated rings. The van der Waals surface area contributed by atoms with Gasteiger partial charge < -0.3 is 15.2 Å². The second-order valence-electron chi connectivity index (χ2n) is 4.24. The molecule has 2 N–H and O–H groups in total. The Labute approximate surface area is 123 Å². The van der Waals surface area contributed by atoms with Gasteiger partial charge in [-0.15, -0.1) is 0 Å². The summed E-state index contributed by atoms with van der Waals surface area (Å²) in [6, 6.07) is 4.50. The van der Waals surface area contributed by atoms with Crippen LogP contribution in [0.25, 0.3) is 0 Å². The minimum Gasteiger partial charge on any atom is -0.491 e. The van der Waals surface area contributed by atoms with Crippen molar-refractivity contribution in [2.24, 2.45) is 0 Å². The molecule has 6 nitrogen and oxygen atoms in total. The number of carboxylic acids is 1. The Balaban J connectivity index is 2.28. The minimum absolute atomic E-state index is 0.271. The Morgan fingerprint density at radius 1 is 1.45 bits per heavy atom. The topological polar surface area (TPSA) is 92.7 Å². The van der Waals surface area contributed by atoms with E-state index in [9.17, 15) is 14.4 Å². The number of carboxylic acid groups (broad SMARTS) is 1. The van der Waals surface area contributed by atoms with E-state index in [1.54, 1.807) is 6.07 Å². The lowest BCUT2D eigenvalue weighted by Crippen LogP contribution is -2.24. The fraction of sp³-hybridized carbons (Fsp3) is 0.308. The monoisotopic (exact) mass is 341 g/mol. The molecular formula is C13H12BrNO5. The van der Waals surface area contributed by atoms with E-state index in [2.05, 4.69) is 21.2 Å². The van der Waals surface area contributed by atoms with Gasteiger partial charge in [-0.3, -0.25) is 14.4 Å². The fourth-order valence-corrected chi connectivity index (χ4v) is 2.38. The smallest absolute Gasteiger partial charge is 0.304 e. The van der Waals surface area contributed by atoms with Gasteiger partial charge in [0.2, 0.25) is 0 Å². The Hall–Kier alpha value is -1.89. The van der Waals surface area contributed by atoms with Gasteiger partial charge in [0.25, 0.3) is 5.91 Å². The zero-order chi connectivity index (χ0) is 14.7. The van der Waals surface area contributed by atoms with Gasteiger partial charge in [-0.05, 0) is 18.2 Å². The molecule has 0 bridgehead atoms. The minimum atomic E-state index is -1.07. The van der Waals surface area contributed by atoms with Crippen molar-refractivity contribution in [3.8, 4) is 5.75 Å². The maximum absolute atomic E-state index is 12.1. The van der Waals surface area contributed by atoms with E-state index in [0.717, 1.165) is 0 Å². The van der Waals surface area contributed by atoms with Crippen molar-refractivity contribution >= 4 is 33.6 Å². The Morgan fingerprint density at radius 2 is 2.20 bits per heavy atom. The van der Waals surface area contributed by atoms with Crippen LogP contribution in [0.3, 0.4) is 0 Å². The quantitative estimate of drug-likeness (QED) is 0.634. The average Bonchev–Trinajstić information content (AvgIpc) is 2.59. The highest BCUT2D eigenvalue weighted by Gasteiger charge is 2.23. The number of aliphatic carboxylic acids is 1. The zero-order valence-corrected chi connectivity index (χ0v) is 12.0. The third kappa shape index (κ3) is 3.16. The molecule has 2 rings (SSSR count). The van der Waals surface area contributed by atoms with E-state index < -0.39 is 10.8 Å². The molecule has 0 spiro atoms. The summed E-state index contributed by atoms with van der Waals surface area (Å²) in [4.78, 5) is 33.7. The van der Waals surface area contributed by atoms with Crippen molar-refractivity contribution < 1.29 is 24.2 Å². The molecule has 1 aromatic carbocycles. The highest BCUT2D eigenvalue weighted by molar-refractivity contribution is 9.10. The largest absolute Gasteiger partial charge is 0.491 e. The van der Waals surface area contributed by atoms with Crippen molar-refractivity contribution in [3.05, 3.63) is 29.3 Å². The van der Waals surface area contributed by atoms with Crippen LogP contribution in [0.1, 0.15) is 27.1 Å². The molecule has 0 saturated carbocycles. The van der Waals surface area contributed by atoms with Crippen LogP contribution < -0.4 is 10.1 Å². The summed E-state index contributed by atoms with van der Waals surface area (Å²) in [6.07, 6.45) is -0.321. The molecule has 106 valence electrons. The first-order valence-corrected chi connectivity index (χ1v) is 6.85. The first-order chi connectivity index (χ1) is 9.49. The molecule has 7 heteroatoms. The second-order valence-corrected chi connectivity index (χ2v) is 5.35. The summed E-state index contributed by atoms with van der Waals surface area (Å²) >= 11 is 3.05. The molecule has 0 radical (unpaired) electrons. The number of hydrogen-bond donors (Lipinski definition) is 2. The number of ether oxygens (including phenoxy) is 1. The molecular weight excluding hydrogens is 330 g/mol. The number of halogens is 1. The van der Waals surface area contributed by atoms with Crippen LogP contribution in [0, 0.1) is 0 Å². The van der Waals surface area contributed by atoms with E-state index in [0.29, 0.717) is 18.9 Å². The number of rotatable bonds is 4. The third-order valence-electron chi connectivity index (χ3n) is 2.79. The Morgan fingerprint density at radius 3 is 2.90 bits per heavy atom. The molecule has 1 unspecified atom stereocenters. The van der Waals surface area contributed by atoms with E-state index >= 15 is 0 Å². The lowest BCUT2D eigenvalue weighted by atomic mass is 10.0. The van der Waals surface area contributed by atoms with Gasteiger partial charge in [0.1, 0.15) is 12.4 Å². The van der Waals surface area contributed by atoms with Crippen LogP contribution in [0.4, 0.5) is 0 Å². The summed E-state index contributed by atoms with van der Waals surface area (Å²) in [5.41, 5.74) is 0.552. The van der Waals surface area contributed by atoms with Gasteiger partial charge >= 0.3 is 5.97 Å². The lowest BCUT2D eigenvalue weighted by molar-refractivity contribution is -0.136. The Bertz CT molecular complexity index is 572. The van der Waals surface area contributed by atoms with Crippen molar-refractivity contribution in [1.29, 1.82) is 0 Å². The molecule has 1 aliphatic rings. The number of amides is 1. The fourth-order valence-electron chi connectivity index (χ4n) is 1.83. The summed E-state index contributed by atoms with van der Waals surface area (Å²) < 4.78 is 5.38. The van der Waals surface area contributed by atoms with Crippen LogP contribution in [0.2, 0.25) is 0 Å². The van der Waals surface area contributed by atoms with Crippen molar-refractivity contribution in [3.63, 3.8) is 0 Å². The summed E-state index contributed by atoms with van der Waals surface area (Å²) in [7, 11) is 0. The van der Waals surface area contributed by atoms with Gasteiger partial charge in [0, 0.05) is 5.56 Å². The van der Waals surface area contributed by atoms with Crippen LogP contribution in [-0.4, -0.2) is 40.7 Å². The van der Waals surface area contributed by atoms with Crippen LogP contribution in [0.5, 0.6) is 5.75 Å². The first kappa shape index (κ1) is 14.5. The number of ketones is 1. The number of alkyl halides is 1. The van der Waals surface area contributed by atoms with Crippen LogP contribution >= 0.6 is 15.9 Å². The molecule has 1 aromatic rings. The first-order valence-electron chi connectivity index (χ1n) is 5.94.